The summed E-state index contributed by atoms with van der Waals surface area (Å²) in [4.78, 5) is 4.37. The number of anilines is 1. The molecule has 0 fully saturated rings. The van der Waals surface area contributed by atoms with Gasteiger partial charge in [-0.3, -0.25) is 0 Å². The third-order valence-corrected chi connectivity index (χ3v) is 2.76. The van der Waals surface area contributed by atoms with Gasteiger partial charge in [0.15, 0.2) is 5.82 Å². The first kappa shape index (κ1) is 9.42. The number of aryl methyl sites for hydroxylation is 1. The SMILES string of the molecule is Cc1cc(Cl)cc2cc3c(N)noc3nc12. The van der Waals surface area contributed by atoms with Crippen molar-refractivity contribution in [1.29, 1.82) is 0 Å². The van der Waals surface area contributed by atoms with E-state index in [9.17, 15) is 0 Å². The molecule has 0 aliphatic rings. The summed E-state index contributed by atoms with van der Waals surface area (Å²) < 4.78 is 5.02. The average molecular weight is 234 g/mol. The summed E-state index contributed by atoms with van der Waals surface area (Å²) in [5.41, 5.74) is 7.97. The van der Waals surface area contributed by atoms with Crippen LogP contribution in [0.2, 0.25) is 5.02 Å². The molecule has 0 spiro atoms. The number of fused-ring (bicyclic) bond motifs is 2. The second-order valence-electron chi connectivity index (χ2n) is 3.70. The van der Waals surface area contributed by atoms with Crippen LogP contribution >= 0.6 is 11.6 Å². The Balaban J connectivity index is 2.53. The molecule has 2 N–H and O–H groups in total. The predicted molar refractivity (Wildman–Crippen MR) is 63.5 cm³/mol. The Labute approximate surface area is 96.0 Å². The highest BCUT2D eigenvalue weighted by Crippen LogP contribution is 2.27. The van der Waals surface area contributed by atoms with Crippen LogP contribution in [0.1, 0.15) is 5.56 Å². The molecule has 0 unspecified atom stereocenters. The molecule has 0 aliphatic carbocycles. The van der Waals surface area contributed by atoms with Gasteiger partial charge in [0, 0.05) is 10.4 Å². The molecule has 0 atom stereocenters. The number of hydrogen-bond acceptors (Lipinski definition) is 4. The Morgan fingerprint density at radius 3 is 2.94 bits per heavy atom. The van der Waals surface area contributed by atoms with Crippen molar-refractivity contribution in [2.45, 2.75) is 6.92 Å². The van der Waals surface area contributed by atoms with E-state index >= 15 is 0 Å². The van der Waals surface area contributed by atoms with Crippen LogP contribution in [0.3, 0.4) is 0 Å². The fourth-order valence-electron chi connectivity index (χ4n) is 1.80. The minimum absolute atomic E-state index is 0.349. The zero-order valence-corrected chi connectivity index (χ0v) is 9.25. The Bertz CT molecular complexity index is 705. The van der Waals surface area contributed by atoms with Gasteiger partial charge >= 0.3 is 0 Å². The lowest BCUT2D eigenvalue weighted by Gasteiger charge is -2.01. The fourth-order valence-corrected chi connectivity index (χ4v) is 2.08. The van der Waals surface area contributed by atoms with E-state index in [0.29, 0.717) is 21.9 Å². The lowest BCUT2D eigenvalue weighted by Crippen LogP contribution is -1.87. The number of nitrogens with zero attached hydrogens (tertiary/aromatic N) is 2. The first-order valence-corrected chi connectivity index (χ1v) is 5.15. The van der Waals surface area contributed by atoms with Gasteiger partial charge in [-0.1, -0.05) is 16.8 Å². The molecule has 80 valence electrons. The minimum atomic E-state index is 0.349. The van der Waals surface area contributed by atoms with Gasteiger partial charge in [0.05, 0.1) is 10.9 Å². The fraction of sp³-hybridized carbons (Fsp3) is 0.0909. The van der Waals surface area contributed by atoms with Crippen LogP contribution in [-0.2, 0) is 0 Å². The van der Waals surface area contributed by atoms with Crippen LogP contribution in [0.25, 0.3) is 22.0 Å². The van der Waals surface area contributed by atoms with E-state index < -0.39 is 0 Å². The lowest BCUT2D eigenvalue weighted by molar-refractivity contribution is 0.453. The van der Waals surface area contributed by atoms with E-state index in [2.05, 4.69) is 10.1 Å². The van der Waals surface area contributed by atoms with Crippen molar-refractivity contribution in [3.63, 3.8) is 0 Å². The normalized spacial score (nSPS) is 11.4. The van der Waals surface area contributed by atoms with E-state index in [1.165, 1.54) is 0 Å². The molecule has 0 aliphatic heterocycles. The number of rotatable bonds is 0. The number of nitrogens with two attached hydrogens (primary N) is 1. The van der Waals surface area contributed by atoms with Gasteiger partial charge in [-0.15, -0.1) is 0 Å². The van der Waals surface area contributed by atoms with E-state index in [1.54, 1.807) is 0 Å². The molecule has 0 saturated heterocycles. The van der Waals surface area contributed by atoms with Gasteiger partial charge in [0.1, 0.15) is 0 Å². The smallest absolute Gasteiger partial charge is 0.260 e. The van der Waals surface area contributed by atoms with Crippen molar-refractivity contribution in [3.05, 3.63) is 28.8 Å². The average Bonchev–Trinajstić information content (AvgIpc) is 2.58. The Hall–Kier alpha value is -1.81. The van der Waals surface area contributed by atoms with Crippen LogP contribution < -0.4 is 5.73 Å². The zero-order valence-electron chi connectivity index (χ0n) is 8.49. The largest absolute Gasteiger partial charge is 0.380 e. The number of benzene rings is 1. The summed E-state index contributed by atoms with van der Waals surface area (Å²) in [5, 5.41) is 6.01. The Morgan fingerprint density at radius 1 is 1.31 bits per heavy atom. The van der Waals surface area contributed by atoms with Gasteiger partial charge in [0.25, 0.3) is 5.71 Å². The molecule has 2 heterocycles. The summed E-state index contributed by atoms with van der Waals surface area (Å²) in [5.74, 6) is 0.349. The molecule has 16 heavy (non-hydrogen) atoms. The summed E-state index contributed by atoms with van der Waals surface area (Å²) in [6.07, 6.45) is 0. The Morgan fingerprint density at radius 2 is 2.12 bits per heavy atom. The van der Waals surface area contributed by atoms with Crippen LogP contribution in [0.15, 0.2) is 22.7 Å². The van der Waals surface area contributed by atoms with Crippen LogP contribution in [0.4, 0.5) is 5.82 Å². The maximum Gasteiger partial charge on any atom is 0.260 e. The summed E-state index contributed by atoms with van der Waals surface area (Å²) in [6, 6.07) is 5.60. The highest BCUT2D eigenvalue weighted by Gasteiger charge is 2.09. The van der Waals surface area contributed by atoms with Crippen molar-refractivity contribution in [2.75, 3.05) is 5.73 Å². The predicted octanol–water partition coefficient (Wildman–Crippen LogP) is 2.92. The van der Waals surface area contributed by atoms with E-state index in [1.807, 2.05) is 25.1 Å². The molecule has 1 aromatic carbocycles. The van der Waals surface area contributed by atoms with E-state index in [0.717, 1.165) is 16.5 Å². The monoisotopic (exact) mass is 233 g/mol. The first-order chi connectivity index (χ1) is 7.65. The molecular weight excluding hydrogens is 226 g/mol. The molecule has 3 aromatic rings. The second-order valence-corrected chi connectivity index (χ2v) is 4.14. The van der Waals surface area contributed by atoms with Gasteiger partial charge < -0.3 is 10.3 Å². The van der Waals surface area contributed by atoms with Gasteiger partial charge in [-0.25, -0.2) is 4.98 Å². The summed E-state index contributed by atoms with van der Waals surface area (Å²) in [6.45, 7) is 1.95. The molecule has 3 rings (SSSR count). The van der Waals surface area contributed by atoms with Crippen LogP contribution in [-0.4, -0.2) is 10.1 Å². The maximum absolute atomic E-state index is 5.99. The lowest BCUT2D eigenvalue weighted by atomic mass is 10.1. The first-order valence-electron chi connectivity index (χ1n) is 4.77. The van der Waals surface area contributed by atoms with E-state index in [-0.39, 0.29) is 0 Å². The zero-order chi connectivity index (χ0) is 11.3. The summed E-state index contributed by atoms with van der Waals surface area (Å²) >= 11 is 5.99. The second kappa shape index (κ2) is 3.09. The van der Waals surface area contributed by atoms with Crippen molar-refractivity contribution in [2.24, 2.45) is 0 Å². The number of halogens is 1. The quantitative estimate of drug-likeness (QED) is 0.648. The molecule has 2 aromatic heterocycles. The molecule has 0 bridgehead atoms. The topological polar surface area (TPSA) is 64.9 Å². The highest BCUT2D eigenvalue weighted by molar-refractivity contribution is 6.31. The standard InChI is InChI=1S/C11H8ClN3O/c1-5-2-7(12)3-6-4-8-10(13)15-16-11(8)14-9(5)6/h2-4H,1H3,(H2,13,15). The van der Waals surface area contributed by atoms with Crippen molar-refractivity contribution in [3.8, 4) is 0 Å². The van der Waals surface area contributed by atoms with Crippen molar-refractivity contribution < 1.29 is 4.52 Å². The number of pyridine rings is 1. The molecule has 0 saturated carbocycles. The van der Waals surface area contributed by atoms with Gasteiger partial charge in [-0.05, 0) is 30.7 Å². The maximum atomic E-state index is 5.99. The molecule has 0 radical (unpaired) electrons. The number of aromatic nitrogens is 2. The van der Waals surface area contributed by atoms with Crippen molar-refractivity contribution in [1.82, 2.24) is 10.1 Å². The van der Waals surface area contributed by atoms with Crippen LogP contribution in [0.5, 0.6) is 0 Å². The molecular formula is C11H8ClN3O. The minimum Gasteiger partial charge on any atom is -0.380 e. The van der Waals surface area contributed by atoms with E-state index in [4.69, 9.17) is 21.9 Å². The highest BCUT2D eigenvalue weighted by atomic mass is 35.5. The third kappa shape index (κ3) is 1.23. The molecule has 4 nitrogen and oxygen atoms in total. The summed E-state index contributed by atoms with van der Waals surface area (Å²) in [7, 11) is 0. The third-order valence-electron chi connectivity index (χ3n) is 2.54. The Kier molecular flexibility index (Phi) is 1.82. The number of hydrogen-bond donors (Lipinski definition) is 1. The molecule has 5 heteroatoms. The van der Waals surface area contributed by atoms with Gasteiger partial charge in [-0.2, -0.15) is 0 Å². The van der Waals surface area contributed by atoms with Gasteiger partial charge in [0.2, 0.25) is 0 Å². The van der Waals surface area contributed by atoms with Crippen LogP contribution in [0, 0.1) is 6.92 Å². The molecule has 0 amide bonds. The number of nitrogen functional groups attached to an aromatic ring is 1. The van der Waals surface area contributed by atoms with Crippen molar-refractivity contribution >= 4 is 39.4 Å².